The zero-order valence-electron chi connectivity index (χ0n) is 22.5. The normalized spacial score (nSPS) is 13.3. The highest BCUT2D eigenvalue weighted by molar-refractivity contribution is 5.57. The van der Waals surface area contributed by atoms with Crippen molar-refractivity contribution < 1.29 is 54.8 Å². The third-order valence-corrected chi connectivity index (χ3v) is 6.35. The minimum absolute atomic E-state index is 0.0245. The molecule has 0 amide bonds. The Bertz CT molecular complexity index is 1220. The van der Waals surface area contributed by atoms with Crippen LogP contribution in [-0.4, -0.2) is 55.0 Å². The van der Waals surface area contributed by atoms with Crippen LogP contribution in [0.5, 0.6) is 34.5 Å². The Kier molecular flexibility index (Phi) is 9.21. The molecule has 0 aromatic heterocycles. The number of alkyl halides is 6. The van der Waals surface area contributed by atoms with Crippen molar-refractivity contribution in [2.24, 2.45) is 0 Å². The standard InChI is InChI=1S/C28H28F6O6/c1-35-19-9-7-15(11-21(19)37-3)25(27(29,30)31)17-13-23(39-5)24(40-6)14-18(17)26(28(32,33)34)16-8-10-20(36-2)22(12-16)38-4/h7-14,25-26H,1-6H3. The summed E-state index contributed by atoms with van der Waals surface area (Å²) in [7, 11) is 7.45. The highest BCUT2D eigenvalue weighted by atomic mass is 19.4. The van der Waals surface area contributed by atoms with Crippen LogP contribution in [0, 0.1) is 0 Å². The Balaban J connectivity index is 2.44. The maximum absolute atomic E-state index is 14.8. The van der Waals surface area contributed by atoms with Crippen molar-refractivity contribution in [1.29, 1.82) is 0 Å². The van der Waals surface area contributed by atoms with E-state index in [0.717, 1.165) is 36.4 Å². The molecule has 0 fully saturated rings. The average molecular weight is 575 g/mol. The van der Waals surface area contributed by atoms with E-state index in [1.165, 1.54) is 54.8 Å². The molecule has 0 spiro atoms. The van der Waals surface area contributed by atoms with Crippen molar-refractivity contribution in [3.63, 3.8) is 0 Å². The first-order valence-corrected chi connectivity index (χ1v) is 11.7. The first-order valence-electron chi connectivity index (χ1n) is 11.7. The summed E-state index contributed by atoms with van der Waals surface area (Å²) in [6.45, 7) is 0. The third-order valence-electron chi connectivity index (χ3n) is 6.35. The van der Waals surface area contributed by atoms with Crippen LogP contribution >= 0.6 is 0 Å². The van der Waals surface area contributed by atoms with Crippen molar-refractivity contribution in [2.75, 3.05) is 42.7 Å². The van der Waals surface area contributed by atoms with Gasteiger partial charge in [0.2, 0.25) is 0 Å². The van der Waals surface area contributed by atoms with Gasteiger partial charge >= 0.3 is 12.4 Å². The molecule has 0 N–H and O–H groups in total. The van der Waals surface area contributed by atoms with Crippen molar-refractivity contribution in [3.8, 4) is 34.5 Å². The monoisotopic (exact) mass is 574 g/mol. The van der Waals surface area contributed by atoms with Gasteiger partial charge in [-0.2, -0.15) is 26.3 Å². The second kappa shape index (κ2) is 12.1. The molecule has 3 aromatic carbocycles. The van der Waals surface area contributed by atoms with Crippen LogP contribution < -0.4 is 28.4 Å². The van der Waals surface area contributed by atoms with E-state index in [1.54, 1.807) is 0 Å². The molecular weight excluding hydrogens is 546 g/mol. The second-order valence-electron chi connectivity index (χ2n) is 8.51. The Labute approximate surface area is 227 Å². The molecular formula is C28H28F6O6. The molecule has 0 radical (unpaired) electrons. The van der Waals surface area contributed by atoms with E-state index in [1.807, 2.05) is 0 Å². The Hall–Kier alpha value is -3.96. The van der Waals surface area contributed by atoms with E-state index in [0.29, 0.717) is 0 Å². The Morgan fingerprint density at radius 1 is 0.425 bits per heavy atom. The van der Waals surface area contributed by atoms with Gasteiger partial charge in [-0.15, -0.1) is 0 Å². The molecule has 3 aromatic rings. The van der Waals surface area contributed by atoms with Crippen LogP contribution in [0.2, 0.25) is 0 Å². The van der Waals surface area contributed by atoms with E-state index in [4.69, 9.17) is 28.4 Å². The summed E-state index contributed by atoms with van der Waals surface area (Å²) < 4.78 is 120. The topological polar surface area (TPSA) is 55.4 Å². The fourth-order valence-electron chi connectivity index (χ4n) is 4.56. The molecule has 0 heterocycles. The van der Waals surface area contributed by atoms with Gasteiger partial charge in [0.1, 0.15) is 11.8 Å². The van der Waals surface area contributed by atoms with Gasteiger partial charge in [0.05, 0.1) is 42.7 Å². The van der Waals surface area contributed by atoms with Crippen LogP contribution in [0.3, 0.4) is 0 Å². The van der Waals surface area contributed by atoms with E-state index < -0.39 is 35.3 Å². The largest absolute Gasteiger partial charge is 0.493 e. The molecule has 0 aliphatic carbocycles. The molecule has 0 aliphatic heterocycles. The molecule has 218 valence electrons. The third kappa shape index (κ3) is 6.10. The maximum atomic E-state index is 14.8. The maximum Gasteiger partial charge on any atom is 0.399 e. The first kappa shape index (κ1) is 30.6. The highest BCUT2D eigenvalue weighted by Crippen LogP contribution is 2.52. The van der Waals surface area contributed by atoms with Gasteiger partial charge in [0, 0.05) is 0 Å². The summed E-state index contributed by atoms with van der Waals surface area (Å²) in [6.07, 6.45) is -10.1. The number of hydrogen-bond acceptors (Lipinski definition) is 6. The Morgan fingerprint density at radius 2 is 0.700 bits per heavy atom. The predicted molar refractivity (Wildman–Crippen MR) is 134 cm³/mol. The lowest BCUT2D eigenvalue weighted by molar-refractivity contribution is -0.147. The molecule has 0 aliphatic rings. The fourth-order valence-corrected chi connectivity index (χ4v) is 4.56. The summed E-state index contributed by atoms with van der Waals surface area (Å²) in [6, 6.07) is 8.75. The zero-order chi connectivity index (χ0) is 29.8. The number of rotatable bonds is 10. The van der Waals surface area contributed by atoms with Gasteiger partial charge in [0.15, 0.2) is 34.5 Å². The van der Waals surface area contributed by atoms with Crippen molar-refractivity contribution in [1.82, 2.24) is 0 Å². The van der Waals surface area contributed by atoms with Gasteiger partial charge in [0.25, 0.3) is 0 Å². The van der Waals surface area contributed by atoms with E-state index in [2.05, 4.69) is 0 Å². The summed E-state index contributed by atoms with van der Waals surface area (Å²) in [5, 5.41) is 0. The van der Waals surface area contributed by atoms with Gasteiger partial charge < -0.3 is 28.4 Å². The fraction of sp³-hybridized carbons (Fsp3) is 0.357. The van der Waals surface area contributed by atoms with Crippen molar-refractivity contribution in [2.45, 2.75) is 24.2 Å². The van der Waals surface area contributed by atoms with Crippen molar-refractivity contribution in [3.05, 3.63) is 70.8 Å². The molecule has 12 heteroatoms. The lowest BCUT2D eigenvalue weighted by Crippen LogP contribution is -2.28. The first-order chi connectivity index (χ1) is 18.8. The zero-order valence-corrected chi connectivity index (χ0v) is 22.5. The van der Waals surface area contributed by atoms with Crippen LogP contribution in [0.15, 0.2) is 48.5 Å². The SMILES string of the molecule is COc1ccc(C(c2cc(OC)c(OC)cc2C(c2ccc(OC)c(OC)c2)C(F)(F)F)C(F)(F)F)cc1OC. The summed E-state index contributed by atoms with van der Waals surface area (Å²) in [4.78, 5) is 0. The van der Waals surface area contributed by atoms with E-state index >= 15 is 0 Å². The van der Waals surface area contributed by atoms with E-state index in [-0.39, 0.29) is 45.6 Å². The van der Waals surface area contributed by atoms with Crippen LogP contribution in [0.4, 0.5) is 26.3 Å². The number of ether oxygens (including phenoxy) is 6. The van der Waals surface area contributed by atoms with Gasteiger partial charge in [-0.1, -0.05) is 12.1 Å². The van der Waals surface area contributed by atoms with Crippen LogP contribution in [-0.2, 0) is 0 Å². The number of halogens is 6. The number of hydrogen-bond donors (Lipinski definition) is 0. The molecule has 40 heavy (non-hydrogen) atoms. The molecule has 6 nitrogen and oxygen atoms in total. The molecule has 3 rings (SSSR count). The highest BCUT2D eigenvalue weighted by Gasteiger charge is 2.49. The van der Waals surface area contributed by atoms with Gasteiger partial charge in [-0.3, -0.25) is 0 Å². The van der Waals surface area contributed by atoms with Gasteiger partial charge in [-0.05, 0) is 58.7 Å². The van der Waals surface area contributed by atoms with Crippen molar-refractivity contribution >= 4 is 0 Å². The van der Waals surface area contributed by atoms with E-state index in [9.17, 15) is 26.3 Å². The smallest absolute Gasteiger partial charge is 0.399 e. The number of methoxy groups -OCH3 is 6. The summed E-state index contributed by atoms with van der Waals surface area (Å²) >= 11 is 0. The summed E-state index contributed by atoms with van der Waals surface area (Å²) in [5.74, 6) is -5.11. The van der Waals surface area contributed by atoms with Gasteiger partial charge in [-0.25, -0.2) is 0 Å². The van der Waals surface area contributed by atoms with Crippen LogP contribution in [0.1, 0.15) is 34.1 Å². The quantitative estimate of drug-likeness (QED) is 0.240. The lowest BCUT2D eigenvalue weighted by atomic mass is 9.80. The lowest BCUT2D eigenvalue weighted by Gasteiger charge is -2.30. The van der Waals surface area contributed by atoms with Crippen LogP contribution in [0.25, 0.3) is 0 Å². The molecule has 0 saturated carbocycles. The Morgan fingerprint density at radius 3 is 0.950 bits per heavy atom. The summed E-state index contributed by atoms with van der Waals surface area (Å²) in [5.41, 5.74) is -2.11. The molecule has 2 atom stereocenters. The minimum atomic E-state index is -5.03. The molecule has 2 unspecified atom stereocenters. The second-order valence-corrected chi connectivity index (χ2v) is 8.51. The molecule has 0 bridgehead atoms. The average Bonchev–Trinajstić information content (AvgIpc) is 2.91. The predicted octanol–water partition coefficient (Wildman–Crippen LogP) is 7.13. The molecule has 0 saturated heterocycles. The number of benzene rings is 3. The minimum Gasteiger partial charge on any atom is -0.493 e.